The van der Waals surface area contributed by atoms with Crippen molar-refractivity contribution in [1.29, 1.82) is 0 Å². The fourth-order valence-electron chi connectivity index (χ4n) is 2.10. The average Bonchev–Trinajstić information content (AvgIpc) is 2.61. The van der Waals surface area contributed by atoms with Gasteiger partial charge < -0.3 is 4.74 Å². The molecule has 0 aliphatic rings. The second-order valence-corrected chi connectivity index (χ2v) is 4.96. The second kappa shape index (κ2) is 7.32. The Morgan fingerprint density at radius 1 is 1.17 bits per heavy atom. The first-order chi connectivity index (χ1) is 11.7. The van der Waals surface area contributed by atoms with Crippen molar-refractivity contribution in [1.82, 2.24) is 10.4 Å². The summed E-state index contributed by atoms with van der Waals surface area (Å²) in [5.41, 5.74) is 3.73. The van der Waals surface area contributed by atoms with E-state index in [4.69, 9.17) is 4.74 Å². The van der Waals surface area contributed by atoms with E-state index >= 15 is 0 Å². The maximum absolute atomic E-state index is 12.8. The number of amides is 1. The van der Waals surface area contributed by atoms with Crippen LogP contribution in [0.2, 0.25) is 0 Å². The molecule has 6 heteroatoms. The molecule has 3 aromatic rings. The van der Waals surface area contributed by atoms with Crippen LogP contribution in [0, 0.1) is 5.82 Å². The summed E-state index contributed by atoms with van der Waals surface area (Å²) in [5, 5.41) is 4.74. The third-order valence-corrected chi connectivity index (χ3v) is 3.23. The van der Waals surface area contributed by atoms with E-state index in [1.807, 2.05) is 24.3 Å². The number of aromatic nitrogens is 1. The number of hydrazone groups is 1. The van der Waals surface area contributed by atoms with Crippen LogP contribution in [0.4, 0.5) is 4.39 Å². The Morgan fingerprint density at radius 2 is 1.96 bits per heavy atom. The number of nitrogens with one attached hydrogen (secondary N) is 1. The van der Waals surface area contributed by atoms with Crippen LogP contribution >= 0.6 is 0 Å². The van der Waals surface area contributed by atoms with Crippen LogP contribution in [-0.4, -0.2) is 23.7 Å². The Kier molecular flexibility index (Phi) is 4.76. The number of halogens is 1. The number of rotatable bonds is 5. The van der Waals surface area contributed by atoms with Gasteiger partial charge in [0.15, 0.2) is 6.61 Å². The molecule has 5 nitrogen and oxygen atoms in total. The van der Waals surface area contributed by atoms with Crippen LogP contribution < -0.4 is 10.2 Å². The SMILES string of the molecule is O=C(COc1cccc2cccnc12)N/N=C\c1ccc(F)cc1. The molecule has 1 heterocycles. The maximum atomic E-state index is 12.8. The normalized spacial score (nSPS) is 10.9. The van der Waals surface area contributed by atoms with Gasteiger partial charge in [-0.05, 0) is 29.8 Å². The molecule has 0 saturated carbocycles. The highest BCUT2D eigenvalue weighted by Crippen LogP contribution is 2.22. The van der Waals surface area contributed by atoms with Crippen molar-refractivity contribution in [3.8, 4) is 5.75 Å². The summed E-state index contributed by atoms with van der Waals surface area (Å²) in [4.78, 5) is 16.0. The average molecular weight is 323 g/mol. The minimum absolute atomic E-state index is 0.184. The second-order valence-electron chi connectivity index (χ2n) is 4.96. The zero-order valence-corrected chi connectivity index (χ0v) is 12.6. The molecule has 120 valence electrons. The summed E-state index contributed by atoms with van der Waals surface area (Å²) >= 11 is 0. The summed E-state index contributed by atoms with van der Waals surface area (Å²) in [5.74, 6) is -0.194. The first kappa shape index (κ1) is 15.6. The third kappa shape index (κ3) is 3.92. The number of hydrogen-bond donors (Lipinski definition) is 1. The number of carbonyl (C=O) groups is 1. The number of pyridine rings is 1. The number of benzene rings is 2. The molecule has 0 aliphatic carbocycles. The smallest absolute Gasteiger partial charge is 0.277 e. The summed E-state index contributed by atoms with van der Waals surface area (Å²) in [6, 6.07) is 15.0. The van der Waals surface area contributed by atoms with Gasteiger partial charge >= 0.3 is 0 Å². The lowest BCUT2D eigenvalue weighted by atomic mass is 10.2. The predicted octanol–water partition coefficient (Wildman–Crippen LogP) is 2.90. The summed E-state index contributed by atoms with van der Waals surface area (Å²) in [6.45, 7) is -0.184. The summed E-state index contributed by atoms with van der Waals surface area (Å²) < 4.78 is 18.3. The van der Waals surface area contributed by atoms with Crippen molar-refractivity contribution < 1.29 is 13.9 Å². The highest BCUT2D eigenvalue weighted by molar-refractivity contribution is 5.85. The van der Waals surface area contributed by atoms with Gasteiger partial charge in [-0.15, -0.1) is 0 Å². The van der Waals surface area contributed by atoms with E-state index in [0.29, 0.717) is 16.8 Å². The number of carbonyl (C=O) groups excluding carboxylic acids is 1. The van der Waals surface area contributed by atoms with Gasteiger partial charge in [0.05, 0.1) is 6.21 Å². The highest BCUT2D eigenvalue weighted by atomic mass is 19.1. The van der Waals surface area contributed by atoms with Crippen LogP contribution in [0.3, 0.4) is 0 Å². The van der Waals surface area contributed by atoms with Gasteiger partial charge in [0.2, 0.25) is 0 Å². The molecule has 0 unspecified atom stereocenters. The number of fused-ring (bicyclic) bond motifs is 1. The van der Waals surface area contributed by atoms with Crippen LogP contribution in [-0.2, 0) is 4.79 Å². The summed E-state index contributed by atoms with van der Waals surface area (Å²) in [7, 11) is 0. The van der Waals surface area contributed by atoms with E-state index in [9.17, 15) is 9.18 Å². The Bertz CT molecular complexity index is 874. The molecule has 1 aromatic heterocycles. The van der Waals surface area contributed by atoms with Crippen LogP contribution in [0.15, 0.2) is 65.9 Å². The standard InChI is InChI=1S/C18H14FN3O2/c19-15-8-6-13(7-9-15)11-21-22-17(23)12-24-16-5-1-3-14-4-2-10-20-18(14)16/h1-11H,12H2,(H,22,23)/b21-11-. The fourth-order valence-corrected chi connectivity index (χ4v) is 2.10. The molecule has 0 aliphatic heterocycles. The Balaban J connectivity index is 1.56. The quantitative estimate of drug-likeness (QED) is 0.580. The summed E-state index contributed by atoms with van der Waals surface area (Å²) in [6.07, 6.45) is 3.10. The molecular weight excluding hydrogens is 309 g/mol. The lowest BCUT2D eigenvalue weighted by Crippen LogP contribution is -2.24. The van der Waals surface area contributed by atoms with Crippen molar-refractivity contribution in [3.63, 3.8) is 0 Å². The van der Waals surface area contributed by atoms with Gasteiger partial charge in [-0.1, -0.05) is 30.3 Å². The van der Waals surface area contributed by atoms with E-state index < -0.39 is 5.91 Å². The van der Waals surface area contributed by atoms with Crippen LogP contribution in [0.1, 0.15) is 5.56 Å². The van der Waals surface area contributed by atoms with Gasteiger partial charge in [0.1, 0.15) is 17.1 Å². The van der Waals surface area contributed by atoms with E-state index in [1.165, 1.54) is 18.3 Å². The molecule has 0 radical (unpaired) electrons. The number of hydrogen-bond acceptors (Lipinski definition) is 4. The zero-order chi connectivity index (χ0) is 16.8. The molecule has 0 spiro atoms. The number of ether oxygens (including phenoxy) is 1. The number of para-hydroxylation sites is 1. The molecule has 3 rings (SSSR count). The Hall–Kier alpha value is -3.28. The van der Waals surface area contributed by atoms with Gasteiger partial charge in [-0.2, -0.15) is 5.10 Å². The van der Waals surface area contributed by atoms with Crippen molar-refractivity contribution in [2.24, 2.45) is 5.10 Å². The zero-order valence-electron chi connectivity index (χ0n) is 12.6. The van der Waals surface area contributed by atoms with Crippen molar-refractivity contribution in [3.05, 3.63) is 72.2 Å². The first-order valence-electron chi connectivity index (χ1n) is 7.26. The predicted molar refractivity (Wildman–Crippen MR) is 89.4 cm³/mol. The first-order valence-corrected chi connectivity index (χ1v) is 7.26. The molecule has 0 saturated heterocycles. The van der Waals surface area contributed by atoms with Gasteiger partial charge in [0, 0.05) is 11.6 Å². The molecule has 2 aromatic carbocycles. The van der Waals surface area contributed by atoms with Crippen LogP contribution in [0.25, 0.3) is 10.9 Å². The maximum Gasteiger partial charge on any atom is 0.277 e. The molecule has 0 bridgehead atoms. The van der Waals surface area contributed by atoms with E-state index in [0.717, 1.165) is 5.39 Å². The topological polar surface area (TPSA) is 63.6 Å². The van der Waals surface area contributed by atoms with Crippen molar-refractivity contribution >= 4 is 23.0 Å². The minimum Gasteiger partial charge on any atom is -0.481 e. The van der Waals surface area contributed by atoms with E-state index in [2.05, 4.69) is 15.5 Å². The Morgan fingerprint density at radius 3 is 2.79 bits per heavy atom. The van der Waals surface area contributed by atoms with Gasteiger partial charge in [0.25, 0.3) is 5.91 Å². The lowest BCUT2D eigenvalue weighted by Gasteiger charge is -2.07. The largest absolute Gasteiger partial charge is 0.481 e. The van der Waals surface area contributed by atoms with Crippen molar-refractivity contribution in [2.75, 3.05) is 6.61 Å². The molecule has 0 atom stereocenters. The van der Waals surface area contributed by atoms with E-state index in [-0.39, 0.29) is 12.4 Å². The van der Waals surface area contributed by atoms with E-state index in [1.54, 1.807) is 24.4 Å². The lowest BCUT2D eigenvalue weighted by molar-refractivity contribution is -0.123. The molecular formula is C18H14FN3O2. The number of nitrogens with zero attached hydrogens (tertiary/aromatic N) is 2. The minimum atomic E-state index is -0.402. The van der Waals surface area contributed by atoms with Crippen LogP contribution in [0.5, 0.6) is 5.75 Å². The molecule has 24 heavy (non-hydrogen) atoms. The third-order valence-electron chi connectivity index (χ3n) is 3.23. The fraction of sp³-hybridized carbons (Fsp3) is 0.0556. The van der Waals surface area contributed by atoms with Crippen molar-refractivity contribution in [2.45, 2.75) is 0 Å². The van der Waals surface area contributed by atoms with Gasteiger partial charge in [-0.3, -0.25) is 9.78 Å². The Labute approximate surface area is 137 Å². The molecule has 1 N–H and O–H groups in total. The monoisotopic (exact) mass is 323 g/mol. The molecule has 1 amide bonds. The highest BCUT2D eigenvalue weighted by Gasteiger charge is 2.05. The van der Waals surface area contributed by atoms with Gasteiger partial charge in [-0.25, -0.2) is 9.82 Å². The molecule has 0 fully saturated rings.